The van der Waals surface area contributed by atoms with Gasteiger partial charge in [0.25, 0.3) is 5.91 Å². The molecule has 0 bridgehead atoms. The molecule has 176 valence electrons. The molecular weight excluding hydrogens is 440 g/mol. The molecule has 2 heterocycles. The van der Waals surface area contributed by atoms with Crippen molar-refractivity contribution in [1.29, 1.82) is 0 Å². The van der Waals surface area contributed by atoms with Gasteiger partial charge in [-0.15, -0.1) is 12.4 Å². The molecule has 1 saturated heterocycles. The van der Waals surface area contributed by atoms with E-state index in [1.54, 1.807) is 24.3 Å². The predicted octanol–water partition coefficient (Wildman–Crippen LogP) is 3.68. The molecule has 33 heavy (non-hydrogen) atoms. The number of carbonyl (C=O) groups excluding carboxylic acids is 2. The fraction of sp³-hybridized carbons (Fsp3) is 0.320. The smallest absolute Gasteiger partial charge is 0.267 e. The first-order valence-corrected chi connectivity index (χ1v) is 10.7. The topological polar surface area (TPSA) is 85.8 Å². The quantitative estimate of drug-likeness (QED) is 0.395. The molecule has 1 aromatic heterocycles. The first-order valence-electron chi connectivity index (χ1n) is 10.7. The zero-order valence-electron chi connectivity index (χ0n) is 19.2. The molecule has 1 aromatic carbocycles. The van der Waals surface area contributed by atoms with Gasteiger partial charge in [-0.2, -0.15) is 0 Å². The minimum Gasteiger partial charge on any atom is -0.368 e. The van der Waals surface area contributed by atoms with E-state index in [1.807, 2.05) is 4.90 Å². The SMILES string of the molecule is CC(C)(C)c1ccc(N2CCN(C(=O)C=Cc3cccc(C=CC(=O)NO)n3)CC2)cc1.Cl. The Bertz CT molecular complexity index is 1010. The van der Waals surface area contributed by atoms with E-state index in [-0.39, 0.29) is 23.7 Å². The Morgan fingerprint density at radius 1 is 0.939 bits per heavy atom. The Balaban J connectivity index is 0.00000385. The Kier molecular flexibility index (Phi) is 9.20. The number of hydrogen-bond acceptors (Lipinski definition) is 5. The standard InChI is InChI=1S/C25H30N4O3.ClH/c1-25(2,3)19-7-11-22(12-8-19)28-15-17-29(18-16-28)24(31)14-10-21-6-4-5-20(26-21)9-13-23(30)27-32;/h4-14,32H,15-18H2,1-3H3,(H,27,30);1H. The van der Waals surface area contributed by atoms with Crippen LogP contribution in [0.5, 0.6) is 0 Å². The van der Waals surface area contributed by atoms with Gasteiger partial charge in [-0.1, -0.05) is 39.0 Å². The molecule has 2 aromatic rings. The number of anilines is 1. The first kappa shape index (κ1) is 26.1. The molecule has 0 radical (unpaired) electrons. The van der Waals surface area contributed by atoms with Crippen LogP contribution >= 0.6 is 12.4 Å². The van der Waals surface area contributed by atoms with Gasteiger partial charge in [0.1, 0.15) is 0 Å². The van der Waals surface area contributed by atoms with Crippen LogP contribution in [0.25, 0.3) is 12.2 Å². The highest BCUT2D eigenvalue weighted by Crippen LogP contribution is 2.25. The second-order valence-electron chi connectivity index (χ2n) is 8.74. The third-order valence-corrected chi connectivity index (χ3v) is 5.39. The molecule has 2 amide bonds. The zero-order chi connectivity index (χ0) is 23.1. The number of benzene rings is 1. The van der Waals surface area contributed by atoms with Crippen LogP contribution in [0.3, 0.4) is 0 Å². The highest BCUT2D eigenvalue weighted by molar-refractivity contribution is 5.92. The Hall–Kier alpha value is -3.16. The van der Waals surface area contributed by atoms with Crippen LogP contribution in [0.2, 0.25) is 0 Å². The molecule has 1 fully saturated rings. The number of halogens is 1. The average molecular weight is 471 g/mol. The number of rotatable bonds is 5. The minimum absolute atomic E-state index is 0. The van der Waals surface area contributed by atoms with E-state index >= 15 is 0 Å². The number of nitrogens with one attached hydrogen (secondary N) is 1. The maximum absolute atomic E-state index is 12.6. The van der Waals surface area contributed by atoms with E-state index in [0.29, 0.717) is 24.5 Å². The minimum atomic E-state index is -0.632. The van der Waals surface area contributed by atoms with Crippen molar-refractivity contribution in [3.63, 3.8) is 0 Å². The number of aromatic nitrogens is 1. The number of hydrogen-bond donors (Lipinski definition) is 2. The van der Waals surface area contributed by atoms with Crippen molar-refractivity contribution >= 4 is 42.1 Å². The summed E-state index contributed by atoms with van der Waals surface area (Å²) in [4.78, 5) is 32.2. The zero-order valence-corrected chi connectivity index (χ0v) is 20.0. The van der Waals surface area contributed by atoms with Gasteiger partial charge in [0, 0.05) is 44.0 Å². The van der Waals surface area contributed by atoms with Gasteiger partial charge in [0.2, 0.25) is 5.91 Å². The summed E-state index contributed by atoms with van der Waals surface area (Å²) in [6.45, 7) is 9.53. The van der Waals surface area contributed by atoms with Crippen molar-refractivity contribution in [1.82, 2.24) is 15.4 Å². The number of amides is 2. The lowest BCUT2D eigenvalue weighted by Gasteiger charge is -2.36. The van der Waals surface area contributed by atoms with Gasteiger partial charge in [0.05, 0.1) is 11.4 Å². The van der Waals surface area contributed by atoms with Crippen LogP contribution in [0.4, 0.5) is 5.69 Å². The first-order chi connectivity index (χ1) is 15.3. The maximum atomic E-state index is 12.6. The van der Waals surface area contributed by atoms with Gasteiger partial charge < -0.3 is 9.80 Å². The lowest BCUT2D eigenvalue weighted by molar-refractivity contribution is -0.126. The second-order valence-corrected chi connectivity index (χ2v) is 8.74. The van der Waals surface area contributed by atoms with Crippen LogP contribution in [0.15, 0.2) is 54.6 Å². The monoisotopic (exact) mass is 470 g/mol. The van der Waals surface area contributed by atoms with Crippen molar-refractivity contribution in [2.24, 2.45) is 0 Å². The second kappa shape index (κ2) is 11.6. The Morgan fingerprint density at radius 3 is 2.06 bits per heavy atom. The van der Waals surface area contributed by atoms with Gasteiger partial charge in [0.15, 0.2) is 0 Å². The van der Waals surface area contributed by atoms with Crippen molar-refractivity contribution < 1.29 is 14.8 Å². The summed E-state index contributed by atoms with van der Waals surface area (Å²) in [6.07, 6.45) is 5.86. The summed E-state index contributed by atoms with van der Waals surface area (Å²) in [5, 5.41) is 8.53. The summed E-state index contributed by atoms with van der Waals surface area (Å²) < 4.78 is 0. The summed E-state index contributed by atoms with van der Waals surface area (Å²) in [7, 11) is 0. The number of hydroxylamine groups is 1. The van der Waals surface area contributed by atoms with Gasteiger partial charge >= 0.3 is 0 Å². The van der Waals surface area contributed by atoms with Gasteiger partial charge in [-0.05, 0) is 47.4 Å². The number of pyridine rings is 1. The van der Waals surface area contributed by atoms with E-state index in [1.165, 1.54) is 35.0 Å². The molecule has 3 rings (SSSR count). The molecule has 0 atom stereocenters. The number of nitrogens with zero attached hydrogens (tertiary/aromatic N) is 3. The molecular formula is C25H31ClN4O3. The normalized spacial score (nSPS) is 14.4. The predicted molar refractivity (Wildman–Crippen MR) is 133 cm³/mol. The van der Waals surface area contributed by atoms with Crippen molar-refractivity contribution in [3.05, 3.63) is 71.6 Å². The number of carbonyl (C=O) groups is 2. The van der Waals surface area contributed by atoms with Crippen molar-refractivity contribution in [3.8, 4) is 0 Å². The molecule has 1 aliphatic rings. The third kappa shape index (κ3) is 7.44. The maximum Gasteiger partial charge on any atom is 0.267 e. The Morgan fingerprint density at radius 2 is 1.52 bits per heavy atom. The van der Waals surface area contributed by atoms with Crippen LogP contribution in [0.1, 0.15) is 37.7 Å². The third-order valence-electron chi connectivity index (χ3n) is 5.39. The van der Waals surface area contributed by atoms with Crippen LogP contribution in [-0.4, -0.2) is 53.1 Å². The molecule has 1 aliphatic heterocycles. The van der Waals surface area contributed by atoms with Gasteiger partial charge in [-0.25, -0.2) is 10.5 Å². The van der Waals surface area contributed by atoms with Gasteiger partial charge in [-0.3, -0.25) is 14.8 Å². The molecule has 8 heteroatoms. The fourth-order valence-corrected chi connectivity index (χ4v) is 3.47. The summed E-state index contributed by atoms with van der Waals surface area (Å²) >= 11 is 0. The lowest BCUT2D eigenvalue weighted by Crippen LogP contribution is -2.48. The van der Waals surface area contributed by atoms with Crippen LogP contribution in [0, 0.1) is 0 Å². The largest absolute Gasteiger partial charge is 0.368 e. The summed E-state index contributed by atoms with van der Waals surface area (Å²) in [5.41, 5.74) is 5.32. The lowest BCUT2D eigenvalue weighted by atomic mass is 9.87. The highest BCUT2D eigenvalue weighted by atomic mass is 35.5. The molecule has 0 spiro atoms. The summed E-state index contributed by atoms with van der Waals surface area (Å²) in [5.74, 6) is -0.678. The van der Waals surface area contributed by atoms with E-state index in [2.05, 4.69) is 54.9 Å². The van der Waals surface area contributed by atoms with Crippen molar-refractivity contribution in [2.45, 2.75) is 26.2 Å². The molecule has 2 N–H and O–H groups in total. The molecule has 0 aliphatic carbocycles. The summed E-state index contributed by atoms with van der Waals surface area (Å²) in [6, 6.07) is 14.0. The molecule has 0 unspecified atom stereocenters. The number of piperazine rings is 1. The Labute approximate surface area is 201 Å². The van der Waals surface area contributed by atoms with E-state index in [0.717, 1.165) is 13.1 Å². The molecule has 7 nitrogen and oxygen atoms in total. The highest BCUT2D eigenvalue weighted by Gasteiger charge is 2.20. The van der Waals surface area contributed by atoms with Crippen LogP contribution in [-0.2, 0) is 15.0 Å². The molecule has 0 saturated carbocycles. The van der Waals surface area contributed by atoms with E-state index in [9.17, 15) is 9.59 Å². The van der Waals surface area contributed by atoms with E-state index < -0.39 is 5.91 Å². The average Bonchev–Trinajstić information content (AvgIpc) is 2.81. The van der Waals surface area contributed by atoms with E-state index in [4.69, 9.17) is 5.21 Å². The van der Waals surface area contributed by atoms with Crippen LogP contribution < -0.4 is 10.4 Å². The fourth-order valence-electron chi connectivity index (χ4n) is 3.47. The van der Waals surface area contributed by atoms with Crippen molar-refractivity contribution in [2.75, 3.05) is 31.1 Å².